The van der Waals surface area contributed by atoms with E-state index in [4.69, 9.17) is 0 Å². The molecule has 0 aliphatic heterocycles. The molecule has 0 saturated heterocycles. The van der Waals surface area contributed by atoms with Crippen molar-refractivity contribution in [2.45, 2.75) is 40.2 Å². The Morgan fingerprint density at radius 2 is 1.57 bits per heavy atom. The third kappa shape index (κ3) is 3.96. The van der Waals surface area contributed by atoms with E-state index in [1.807, 2.05) is 0 Å². The minimum absolute atomic E-state index is 0.235. The van der Waals surface area contributed by atoms with Gasteiger partial charge in [-0.3, -0.25) is 0 Å². The van der Waals surface area contributed by atoms with Crippen LogP contribution in [0.5, 0.6) is 0 Å². The van der Waals surface area contributed by atoms with Crippen molar-refractivity contribution in [1.82, 2.24) is 5.32 Å². The highest BCUT2D eigenvalue weighted by molar-refractivity contribution is 9.10. The van der Waals surface area contributed by atoms with Crippen LogP contribution in [0.1, 0.15) is 47.2 Å². The van der Waals surface area contributed by atoms with Crippen LogP contribution < -0.4 is 5.32 Å². The summed E-state index contributed by atoms with van der Waals surface area (Å²) in [7, 11) is 0. The second kappa shape index (κ2) is 7.24. The van der Waals surface area contributed by atoms with Gasteiger partial charge in [-0.05, 0) is 56.5 Å². The molecule has 0 bridgehead atoms. The van der Waals surface area contributed by atoms with E-state index in [1.165, 1.54) is 32.3 Å². The number of halogens is 1. The van der Waals surface area contributed by atoms with Crippen LogP contribution in [-0.2, 0) is 0 Å². The molecule has 0 aromatic heterocycles. The molecule has 21 heavy (non-hydrogen) atoms. The van der Waals surface area contributed by atoms with Gasteiger partial charge in [0, 0.05) is 4.47 Å². The summed E-state index contributed by atoms with van der Waals surface area (Å²) in [5.74, 6) is 0. The fraction of sp³-hybridized carbons (Fsp3) is 0.368. The Morgan fingerprint density at radius 1 is 0.952 bits per heavy atom. The number of nitrogens with one attached hydrogen (secondary N) is 1. The molecular weight excluding hydrogens is 322 g/mol. The molecule has 0 spiro atoms. The summed E-state index contributed by atoms with van der Waals surface area (Å²) in [6, 6.07) is 13.5. The van der Waals surface area contributed by atoms with Crippen LogP contribution >= 0.6 is 15.9 Å². The zero-order valence-electron chi connectivity index (χ0n) is 13.3. The lowest BCUT2D eigenvalue weighted by molar-refractivity contribution is 0.594. The average Bonchev–Trinajstić information content (AvgIpc) is 2.46. The van der Waals surface area contributed by atoms with Crippen LogP contribution in [0.3, 0.4) is 0 Å². The van der Waals surface area contributed by atoms with Crippen molar-refractivity contribution in [3.05, 3.63) is 68.7 Å². The molecule has 1 unspecified atom stereocenters. The monoisotopic (exact) mass is 345 g/mol. The maximum Gasteiger partial charge on any atom is 0.0590 e. The van der Waals surface area contributed by atoms with Crippen molar-refractivity contribution in [1.29, 1.82) is 0 Å². The Labute approximate surface area is 136 Å². The van der Waals surface area contributed by atoms with Crippen LogP contribution in [0.2, 0.25) is 0 Å². The smallest absolute Gasteiger partial charge is 0.0590 e. The molecule has 2 heteroatoms. The first-order valence-electron chi connectivity index (χ1n) is 7.59. The molecule has 2 aromatic carbocycles. The second-order valence-corrected chi connectivity index (χ2v) is 6.63. The van der Waals surface area contributed by atoms with Crippen molar-refractivity contribution >= 4 is 15.9 Å². The van der Waals surface area contributed by atoms with E-state index >= 15 is 0 Å². The van der Waals surface area contributed by atoms with Gasteiger partial charge in [0.1, 0.15) is 0 Å². The van der Waals surface area contributed by atoms with Gasteiger partial charge in [0.05, 0.1) is 6.04 Å². The zero-order chi connectivity index (χ0) is 15.4. The Kier molecular flexibility index (Phi) is 5.60. The second-order valence-electron chi connectivity index (χ2n) is 5.77. The predicted octanol–water partition coefficient (Wildman–Crippen LogP) is 5.46. The van der Waals surface area contributed by atoms with Gasteiger partial charge in [-0.15, -0.1) is 0 Å². The average molecular weight is 346 g/mol. The Morgan fingerprint density at radius 3 is 2.24 bits per heavy atom. The van der Waals surface area contributed by atoms with Crippen molar-refractivity contribution < 1.29 is 0 Å². The molecule has 0 aliphatic carbocycles. The van der Waals surface area contributed by atoms with Gasteiger partial charge in [-0.1, -0.05) is 64.3 Å². The molecule has 112 valence electrons. The van der Waals surface area contributed by atoms with Crippen molar-refractivity contribution in [2.75, 3.05) is 6.54 Å². The van der Waals surface area contributed by atoms with E-state index in [0.717, 1.165) is 13.0 Å². The van der Waals surface area contributed by atoms with Crippen molar-refractivity contribution in [3.8, 4) is 0 Å². The standard InChI is InChI=1S/C19H24BrN/c1-5-10-21-19(16-11-13(2)6-8-15(16)4)17-12-14(3)7-9-18(17)20/h6-9,11-12,19,21H,5,10H2,1-4H3. The van der Waals surface area contributed by atoms with E-state index in [2.05, 4.69) is 85.3 Å². The van der Waals surface area contributed by atoms with Gasteiger partial charge in [0.2, 0.25) is 0 Å². The highest BCUT2D eigenvalue weighted by Crippen LogP contribution is 2.31. The molecule has 0 fully saturated rings. The van der Waals surface area contributed by atoms with Gasteiger partial charge in [-0.25, -0.2) is 0 Å². The van der Waals surface area contributed by atoms with Gasteiger partial charge < -0.3 is 5.32 Å². The van der Waals surface area contributed by atoms with Crippen molar-refractivity contribution in [2.24, 2.45) is 0 Å². The molecule has 0 aliphatic rings. The fourth-order valence-electron chi connectivity index (χ4n) is 2.63. The minimum Gasteiger partial charge on any atom is -0.306 e. The topological polar surface area (TPSA) is 12.0 Å². The molecule has 1 N–H and O–H groups in total. The lowest BCUT2D eigenvalue weighted by atomic mass is 9.92. The molecule has 1 atom stereocenters. The lowest BCUT2D eigenvalue weighted by Gasteiger charge is -2.23. The Balaban J connectivity index is 2.52. The van der Waals surface area contributed by atoms with Gasteiger partial charge in [0.25, 0.3) is 0 Å². The van der Waals surface area contributed by atoms with Crippen LogP contribution in [-0.4, -0.2) is 6.54 Å². The molecule has 1 nitrogen and oxygen atoms in total. The maximum atomic E-state index is 3.72. The van der Waals surface area contributed by atoms with E-state index in [-0.39, 0.29) is 6.04 Å². The summed E-state index contributed by atoms with van der Waals surface area (Å²) in [5.41, 5.74) is 6.62. The Hall–Kier alpha value is -1.12. The van der Waals surface area contributed by atoms with Crippen LogP contribution in [0, 0.1) is 20.8 Å². The molecule has 0 saturated carbocycles. The summed E-state index contributed by atoms with van der Waals surface area (Å²) < 4.78 is 1.17. The number of benzene rings is 2. The molecule has 0 radical (unpaired) electrons. The van der Waals surface area contributed by atoms with E-state index in [9.17, 15) is 0 Å². The van der Waals surface area contributed by atoms with E-state index < -0.39 is 0 Å². The van der Waals surface area contributed by atoms with Crippen LogP contribution in [0.25, 0.3) is 0 Å². The largest absolute Gasteiger partial charge is 0.306 e. The third-order valence-corrected chi connectivity index (χ3v) is 4.53. The first-order chi connectivity index (χ1) is 10.0. The summed E-state index contributed by atoms with van der Waals surface area (Å²) >= 11 is 3.72. The van der Waals surface area contributed by atoms with Gasteiger partial charge >= 0.3 is 0 Å². The van der Waals surface area contributed by atoms with Crippen LogP contribution in [0.15, 0.2) is 40.9 Å². The quantitative estimate of drug-likeness (QED) is 0.758. The van der Waals surface area contributed by atoms with Crippen molar-refractivity contribution in [3.63, 3.8) is 0 Å². The maximum absolute atomic E-state index is 3.72. The molecule has 0 heterocycles. The SMILES string of the molecule is CCCNC(c1cc(C)ccc1C)c1cc(C)ccc1Br. The fourth-order valence-corrected chi connectivity index (χ4v) is 3.11. The number of hydrogen-bond donors (Lipinski definition) is 1. The first-order valence-corrected chi connectivity index (χ1v) is 8.38. The summed E-state index contributed by atoms with van der Waals surface area (Å²) in [4.78, 5) is 0. The molecular formula is C19H24BrN. The molecule has 2 rings (SSSR count). The predicted molar refractivity (Wildman–Crippen MR) is 94.9 cm³/mol. The Bertz CT molecular complexity index is 567. The van der Waals surface area contributed by atoms with Gasteiger partial charge in [0.15, 0.2) is 0 Å². The number of aryl methyl sites for hydroxylation is 3. The highest BCUT2D eigenvalue weighted by atomic mass is 79.9. The first kappa shape index (κ1) is 16.3. The van der Waals surface area contributed by atoms with Crippen LogP contribution in [0.4, 0.5) is 0 Å². The number of hydrogen-bond acceptors (Lipinski definition) is 1. The zero-order valence-corrected chi connectivity index (χ0v) is 14.9. The molecule has 2 aromatic rings. The van der Waals surface area contributed by atoms with Gasteiger partial charge in [-0.2, -0.15) is 0 Å². The van der Waals surface area contributed by atoms with E-state index in [1.54, 1.807) is 0 Å². The third-order valence-electron chi connectivity index (χ3n) is 3.81. The highest BCUT2D eigenvalue weighted by Gasteiger charge is 2.18. The number of rotatable bonds is 5. The van der Waals surface area contributed by atoms with E-state index in [0.29, 0.717) is 0 Å². The normalized spacial score (nSPS) is 12.4. The molecule has 0 amide bonds. The summed E-state index contributed by atoms with van der Waals surface area (Å²) in [5, 5.41) is 3.71. The summed E-state index contributed by atoms with van der Waals surface area (Å²) in [6.45, 7) is 9.72. The summed E-state index contributed by atoms with van der Waals surface area (Å²) in [6.07, 6.45) is 1.13. The lowest BCUT2D eigenvalue weighted by Crippen LogP contribution is -2.24. The minimum atomic E-state index is 0.235.